The summed E-state index contributed by atoms with van der Waals surface area (Å²) >= 11 is 2.22. The fourth-order valence-electron chi connectivity index (χ4n) is 2.40. The molecule has 0 bridgehead atoms. The Labute approximate surface area is 165 Å². The number of fused-ring (bicyclic) bond motifs is 1. The molecule has 0 spiro atoms. The normalized spacial score (nSPS) is 10.2. The summed E-state index contributed by atoms with van der Waals surface area (Å²) in [6.45, 7) is 2.44. The molecule has 0 unspecified atom stereocenters. The van der Waals surface area contributed by atoms with Gasteiger partial charge in [0.05, 0.1) is 17.8 Å². The van der Waals surface area contributed by atoms with E-state index in [0.29, 0.717) is 28.9 Å². The number of aromatic carboxylic acids is 1. The van der Waals surface area contributed by atoms with Crippen LogP contribution in [0.5, 0.6) is 5.75 Å². The van der Waals surface area contributed by atoms with Gasteiger partial charge in [-0.15, -0.1) is 12.4 Å². The number of ether oxygens (including phenoxy) is 1. The highest BCUT2D eigenvalue weighted by molar-refractivity contribution is 14.1. The third kappa shape index (κ3) is 4.32. The molecule has 0 aliphatic rings. The highest BCUT2D eigenvalue weighted by Crippen LogP contribution is 2.32. The van der Waals surface area contributed by atoms with Crippen LogP contribution >= 0.6 is 35.0 Å². The SMILES string of the molecule is CCOc1ccc2ncc(C(=O)O)c(Nc3ccc(I)cc3)c2c1.Cl. The Hall–Kier alpha value is -2.06. The van der Waals surface area contributed by atoms with Crippen LogP contribution in [-0.4, -0.2) is 22.7 Å². The first kappa shape index (κ1) is 19.3. The minimum atomic E-state index is -1.03. The predicted octanol–water partition coefficient (Wildman–Crippen LogP) is 5.10. The van der Waals surface area contributed by atoms with E-state index in [9.17, 15) is 9.90 Å². The zero-order valence-electron chi connectivity index (χ0n) is 13.3. The standard InChI is InChI=1S/C18H15IN2O3.ClH/c1-2-24-13-7-8-16-14(9-13)17(15(10-20-16)18(22)23)21-12-5-3-11(19)4-6-12;/h3-10H,2H2,1H3,(H,20,21)(H,22,23);1H. The van der Waals surface area contributed by atoms with E-state index in [4.69, 9.17) is 4.74 Å². The molecular weight excluding hydrogens is 455 g/mol. The number of pyridine rings is 1. The monoisotopic (exact) mass is 470 g/mol. The molecule has 130 valence electrons. The van der Waals surface area contributed by atoms with Gasteiger partial charge in [0.1, 0.15) is 11.3 Å². The van der Waals surface area contributed by atoms with Crippen molar-refractivity contribution in [2.75, 3.05) is 11.9 Å². The smallest absolute Gasteiger partial charge is 0.339 e. The fraction of sp³-hybridized carbons (Fsp3) is 0.111. The van der Waals surface area contributed by atoms with Crippen LogP contribution in [0.3, 0.4) is 0 Å². The molecule has 5 nitrogen and oxygen atoms in total. The summed E-state index contributed by atoms with van der Waals surface area (Å²) in [4.78, 5) is 15.9. The molecule has 2 N–H and O–H groups in total. The molecule has 0 atom stereocenters. The van der Waals surface area contributed by atoms with Crippen molar-refractivity contribution in [3.8, 4) is 5.75 Å². The molecular formula is C18H16ClIN2O3. The van der Waals surface area contributed by atoms with Crippen molar-refractivity contribution in [2.24, 2.45) is 0 Å². The van der Waals surface area contributed by atoms with E-state index in [2.05, 4.69) is 32.9 Å². The van der Waals surface area contributed by atoms with Crippen molar-refractivity contribution in [1.82, 2.24) is 4.98 Å². The maximum atomic E-state index is 11.6. The van der Waals surface area contributed by atoms with Crippen molar-refractivity contribution >= 4 is 63.2 Å². The quantitative estimate of drug-likeness (QED) is 0.508. The van der Waals surface area contributed by atoms with E-state index in [1.54, 1.807) is 0 Å². The number of anilines is 2. The van der Waals surface area contributed by atoms with Crippen molar-refractivity contribution in [2.45, 2.75) is 6.92 Å². The van der Waals surface area contributed by atoms with Crippen molar-refractivity contribution in [1.29, 1.82) is 0 Å². The Morgan fingerprint density at radius 2 is 1.96 bits per heavy atom. The largest absolute Gasteiger partial charge is 0.494 e. The van der Waals surface area contributed by atoms with Gasteiger partial charge < -0.3 is 15.2 Å². The summed E-state index contributed by atoms with van der Waals surface area (Å²) in [5.41, 5.74) is 2.15. The summed E-state index contributed by atoms with van der Waals surface area (Å²) in [5, 5.41) is 13.4. The number of hydrogen-bond donors (Lipinski definition) is 2. The molecule has 25 heavy (non-hydrogen) atoms. The molecule has 0 saturated carbocycles. The Morgan fingerprint density at radius 1 is 1.24 bits per heavy atom. The van der Waals surface area contributed by atoms with Crippen LogP contribution < -0.4 is 10.1 Å². The summed E-state index contributed by atoms with van der Waals surface area (Å²) in [7, 11) is 0. The number of carbonyl (C=O) groups is 1. The van der Waals surface area contributed by atoms with Crippen LogP contribution in [-0.2, 0) is 0 Å². The summed E-state index contributed by atoms with van der Waals surface area (Å²) in [5.74, 6) is -0.348. The van der Waals surface area contributed by atoms with Gasteiger partial charge in [0.15, 0.2) is 0 Å². The molecule has 3 aromatic rings. The number of hydrogen-bond acceptors (Lipinski definition) is 4. The number of aromatic nitrogens is 1. The van der Waals surface area contributed by atoms with E-state index in [0.717, 1.165) is 9.26 Å². The molecule has 0 aliphatic heterocycles. The van der Waals surface area contributed by atoms with Gasteiger partial charge in [-0.3, -0.25) is 4.98 Å². The average Bonchev–Trinajstić information content (AvgIpc) is 2.57. The minimum Gasteiger partial charge on any atom is -0.494 e. The van der Waals surface area contributed by atoms with Gasteiger partial charge in [-0.05, 0) is 72.0 Å². The van der Waals surface area contributed by atoms with Crippen molar-refractivity contribution in [3.05, 3.63) is 57.8 Å². The third-order valence-electron chi connectivity index (χ3n) is 3.49. The van der Waals surface area contributed by atoms with E-state index < -0.39 is 5.97 Å². The Bertz CT molecular complexity index is 901. The van der Waals surface area contributed by atoms with Gasteiger partial charge in [0.25, 0.3) is 0 Å². The number of rotatable bonds is 5. The summed E-state index contributed by atoms with van der Waals surface area (Å²) in [6, 6.07) is 13.2. The molecule has 0 amide bonds. The molecule has 1 aromatic heterocycles. The zero-order chi connectivity index (χ0) is 17.1. The van der Waals surface area contributed by atoms with Gasteiger partial charge in [0.2, 0.25) is 0 Å². The Morgan fingerprint density at radius 3 is 2.60 bits per heavy atom. The average molecular weight is 471 g/mol. The molecule has 1 heterocycles. The van der Waals surface area contributed by atoms with Crippen LogP contribution in [0.2, 0.25) is 0 Å². The molecule has 0 saturated heterocycles. The number of carboxylic acid groups (broad SMARTS) is 1. The van der Waals surface area contributed by atoms with Gasteiger partial charge in [-0.2, -0.15) is 0 Å². The van der Waals surface area contributed by atoms with Crippen LogP contribution in [0.4, 0.5) is 11.4 Å². The predicted molar refractivity (Wildman–Crippen MR) is 110 cm³/mol. The zero-order valence-corrected chi connectivity index (χ0v) is 16.3. The lowest BCUT2D eigenvalue weighted by Gasteiger charge is -2.14. The number of benzene rings is 2. The van der Waals surface area contributed by atoms with Crippen LogP contribution in [0, 0.1) is 3.57 Å². The maximum absolute atomic E-state index is 11.6. The van der Waals surface area contributed by atoms with Gasteiger partial charge in [0, 0.05) is 20.8 Å². The minimum absolute atomic E-state index is 0. The second-order valence-corrected chi connectivity index (χ2v) is 6.34. The van der Waals surface area contributed by atoms with Crippen LogP contribution in [0.25, 0.3) is 10.9 Å². The lowest BCUT2D eigenvalue weighted by atomic mass is 10.1. The van der Waals surface area contributed by atoms with E-state index in [-0.39, 0.29) is 18.0 Å². The molecule has 2 aromatic carbocycles. The molecule has 3 rings (SSSR count). The molecule has 0 fully saturated rings. The number of carboxylic acids is 1. The van der Waals surface area contributed by atoms with E-state index in [1.807, 2.05) is 49.4 Å². The number of halogens is 2. The Balaban J connectivity index is 0.00000225. The lowest BCUT2D eigenvalue weighted by molar-refractivity contribution is 0.0697. The lowest BCUT2D eigenvalue weighted by Crippen LogP contribution is -2.05. The van der Waals surface area contributed by atoms with E-state index >= 15 is 0 Å². The highest BCUT2D eigenvalue weighted by atomic mass is 127. The molecule has 0 radical (unpaired) electrons. The van der Waals surface area contributed by atoms with Crippen LogP contribution in [0.15, 0.2) is 48.7 Å². The summed E-state index contributed by atoms with van der Waals surface area (Å²) < 4.78 is 6.64. The fourth-order valence-corrected chi connectivity index (χ4v) is 2.76. The van der Waals surface area contributed by atoms with Crippen molar-refractivity contribution < 1.29 is 14.6 Å². The molecule has 7 heteroatoms. The molecule has 0 aliphatic carbocycles. The first-order valence-electron chi connectivity index (χ1n) is 7.40. The van der Waals surface area contributed by atoms with Gasteiger partial charge in [-0.1, -0.05) is 0 Å². The number of nitrogens with one attached hydrogen (secondary N) is 1. The van der Waals surface area contributed by atoms with Gasteiger partial charge >= 0.3 is 5.97 Å². The Kier molecular flexibility index (Phi) is 6.44. The second-order valence-electron chi connectivity index (χ2n) is 5.10. The first-order chi connectivity index (χ1) is 11.6. The second kappa shape index (κ2) is 8.35. The third-order valence-corrected chi connectivity index (χ3v) is 4.21. The first-order valence-corrected chi connectivity index (χ1v) is 8.48. The van der Waals surface area contributed by atoms with E-state index in [1.165, 1.54) is 6.20 Å². The van der Waals surface area contributed by atoms with Gasteiger partial charge in [-0.25, -0.2) is 4.79 Å². The summed E-state index contributed by atoms with van der Waals surface area (Å²) in [6.07, 6.45) is 1.38. The number of nitrogens with zero attached hydrogens (tertiary/aromatic N) is 1. The topological polar surface area (TPSA) is 71.5 Å². The van der Waals surface area contributed by atoms with Crippen molar-refractivity contribution in [3.63, 3.8) is 0 Å². The highest BCUT2D eigenvalue weighted by Gasteiger charge is 2.15. The van der Waals surface area contributed by atoms with Crippen LogP contribution in [0.1, 0.15) is 17.3 Å². The maximum Gasteiger partial charge on any atom is 0.339 e.